The van der Waals surface area contributed by atoms with Gasteiger partial charge in [-0.1, -0.05) is 42.5 Å². The second-order valence-corrected chi connectivity index (χ2v) is 8.32. The van der Waals surface area contributed by atoms with Crippen molar-refractivity contribution < 1.29 is 15.0 Å². The minimum atomic E-state index is -0.641. The molecule has 0 aliphatic carbocycles. The lowest BCUT2D eigenvalue weighted by molar-refractivity contribution is 0.0972. The van der Waals surface area contributed by atoms with Gasteiger partial charge in [0.1, 0.15) is 17.1 Å². The summed E-state index contributed by atoms with van der Waals surface area (Å²) in [5, 5.41) is 24.9. The number of nitrogens with one attached hydrogen (secondary N) is 1. The topological polar surface area (TPSA) is 91.6 Å². The highest BCUT2D eigenvalue weighted by Gasteiger charge is 2.26. The van der Waals surface area contributed by atoms with E-state index in [0.717, 1.165) is 10.2 Å². The van der Waals surface area contributed by atoms with Crippen LogP contribution in [0, 0.1) is 0 Å². The van der Waals surface area contributed by atoms with E-state index in [2.05, 4.69) is 21.2 Å². The number of anilines is 1. The highest BCUT2D eigenvalue weighted by molar-refractivity contribution is 9.10. The fourth-order valence-electron chi connectivity index (χ4n) is 3.81. The van der Waals surface area contributed by atoms with Crippen LogP contribution in [0.25, 0.3) is 10.9 Å². The van der Waals surface area contributed by atoms with Crippen LogP contribution in [-0.4, -0.2) is 20.6 Å². The predicted octanol–water partition coefficient (Wildman–Crippen LogP) is 5.14. The van der Waals surface area contributed by atoms with Crippen molar-refractivity contribution in [2.75, 3.05) is 5.32 Å². The fourth-order valence-corrected chi connectivity index (χ4v) is 4.20. The number of fused-ring (bicyclic) bond motifs is 1. The number of halogens is 1. The zero-order valence-corrected chi connectivity index (χ0v) is 18.8. The van der Waals surface area contributed by atoms with Gasteiger partial charge in [-0.3, -0.25) is 9.59 Å². The Labute approximate surface area is 192 Å². The number of carbonyl (C=O) groups excluding carboxylic acids is 1. The summed E-state index contributed by atoms with van der Waals surface area (Å²) >= 11 is 3.48. The van der Waals surface area contributed by atoms with Crippen molar-refractivity contribution in [1.82, 2.24) is 4.57 Å². The molecule has 4 aromatic rings. The van der Waals surface area contributed by atoms with Gasteiger partial charge in [-0.05, 0) is 46.3 Å². The van der Waals surface area contributed by atoms with Gasteiger partial charge in [-0.15, -0.1) is 0 Å². The summed E-state index contributed by atoms with van der Waals surface area (Å²) in [7, 11) is 1.57. The normalized spacial score (nSPS) is 11.9. The molecule has 0 amide bonds. The molecule has 1 aromatic heterocycles. The van der Waals surface area contributed by atoms with E-state index in [0.29, 0.717) is 16.5 Å². The average molecular weight is 493 g/mol. The quantitative estimate of drug-likeness (QED) is 0.324. The maximum atomic E-state index is 13.3. The van der Waals surface area contributed by atoms with Crippen molar-refractivity contribution in [3.05, 3.63) is 98.7 Å². The first-order valence-electron chi connectivity index (χ1n) is 10.0. The molecule has 0 saturated heterocycles. The maximum absolute atomic E-state index is 13.3. The van der Waals surface area contributed by atoms with Crippen LogP contribution in [0.4, 0.5) is 5.69 Å². The summed E-state index contributed by atoms with van der Waals surface area (Å²) in [6.45, 7) is 0. The standard InChI is InChI=1S/C25H21BrN2O4/c1-28-20-12-6-2-9-16(20)24(31)23(25(28)32)22(30)14-19(15-8-3-7-13-21(15)29)27-18-11-5-4-10-17(18)26/h2-13,19,27,29,31H,14H2,1H3/t19-/m0/s1. The van der Waals surface area contributed by atoms with Gasteiger partial charge in [0.05, 0.1) is 11.6 Å². The van der Waals surface area contributed by atoms with Gasteiger partial charge in [0.15, 0.2) is 5.78 Å². The Morgan fingerprint density at radius 3 is 2.41 bits per heavy atom. The summed E-state index contributed by atoms with van der Waals surface area (Å²) in [6.07, 6.45) is -0.153. The monoisotopic (exact) mass is 492 g/mol. The Bertz CT molecular complexity index is 1380. The second-order valence-electron chi connectivity index (χ2n) is 7.47. The van der Waals surface area contributed by atoms with E-state index < -0.39 is 17.4 Å². The Morgan fingerprint density at radius 1 is 1.00 bits per heavy atom. The summed E-state index contributed by atoms with van der Waals surface area (Å²) in [6, 6.07) is 20.4. The Morgan fingerprint density at radius 2 is 1.66 bits per heavy atom. The summed E-state index contributed by atoms with van der Waals surface area (Å²) in [5.41, 5.74) is 0.941. The van der Waals surface area contributed by atoms with Crippen molar-refractivity contribution in [3.63, 3.8) is 0 Å². The minimum absolute atomic E-state index is 0.0282. The highest BCUT2D eigenvalue weighted by Crippen LogP contribution is 2.34. The maximum Gasteiger partial charge on any atom is 0.265 e. The highest BCUT2D eigenvalue weighted by atomic mass is 79.9. The van der Waals surface area contributed by atoms with Crippen LogP contribution < -0.4 is 10.9 Å². The number of hydrogen-bond donors (Lipinski definition) is 3. The van der Waals surface area contributed by atoms with Crippen LogP contribution in [0.2, 0.25) is 0 Å². The van der Waals surface area contributed by atoms with Crippen LogP contribution in [0.15, 0.2) is 82.1 Å². The number of phenols is 1. The number of hydrogen-bond acceptors (Lipinski definition) is 5. The molecule has 7 heteroatoms. The smallest absolute Gasteiger partial charge is 0.265 e. The number of rotatable bonds is 6. The molecule has 0 radical (unpaired) electrons. The number of aromatic hydroxyl groups is 2. The zero-order chi connectivity index (χ0) is 22.8. The molecule has 0 aliphatic rings. The molecule has 0 bridgehead atoms. The lowest BCUT2D eigenvalue weighted by Crippen LogP contribution is -2.26. The molecule has 162 valence electrons. The largest absolute Gasteiger partial charge is 0.508 e. The van der Waals surface area contributed by atoms with Crippen molar-refractivity contribution in [2.45, 2.75) is 12.5 Å². The summed E-state index contributed by atoms with van der Waals surface area (Å²) in [5.74, 6) is -0.826. The SMILES string of the molecule is Cn1c(=O)c(C(=O)C[C@H](Nc2ccccc2Br)c2ccccc2O)c(O)c2ccccc21. The summed E-state index contributed by atoms with van der Waals surface area (Å²) < 4.78 is 2.15. The number of para-hydroxylation sites is 3. The van der Waals surface area contributed by atoms with E-state index >= 15 is 0 Å². The van der Waals surface area contributed by atoms with Crippen molar-refractivity contribution in [1.29, 1.82) is 0 Å². The first-order valence-corrected chi connectivity index (χ1v) is 10.8. The van der Waals surface area contributed by atoms with Gasteiger partial charge in [0, 0.05) is 34.6 Å². The number of nitrogens with zero attached hydrogens (tertiary/aromatic N) is 1. The van der Waals surface area contributed by atoms with Gasteiger partial charge in [0.2, 0.25) is 0 Å². The number of Topliss-reactive ketones (excluding diaryl/α,β-unsaturated/α-hetero) is 1. The lowest BCUT2D eigenvalue weighted by atomic mass is 9.96. The first-order chi connectivity index (χ1) is 15.4. The van der Waals surface area contributed by atoms with Crippen LogP contribution in [0.1, 0.15) is 28.4 Å². The Hall–Kier alpha value is -3.58. The Balaban J connectivity index is 1.78. The third kappa shape index (κ3) is 3.99. The molecule has 0 spiro atoms. The predicted molar refractivity (Wildman–Crippen MR) is 128 cm³/mol. The molecule has 0 aliphatic heterocycles. The molecule has 1 heterocycles. The van der Waals surface area contributed by atoms with Crippen LogP contribution in [-0.2, 0) is 7.05 Å². The number of benzene rings is 3. The van der Waals surface area contributed by atoms with E-state index in [1.54, 1.807) is 55.6 Å². The van der Waals surface area contributed by atoms with Gasteiger partial charge >= 0.3 is 0 Å². The third-order valence-electron chi connectivity index (χ3n) is 5.46. The molecular weight excluding hydrogens is 472 g/mol. The molecule has 0 unspecified atom stereocenters. The molecule has 6 nitrogen and oxygen atoms in total. The number of carbonyl (C=O) groups is 1. The second kappa shape index (κ2) is 8.88. The van der Waals surface area contributed by atoms with E-state index in [-0.39, 0.29) is 23.5 Å². The zero-order valence-electron chi connectivity index (χ0n) is 17.2. The van der Waals surface area contributed by atoms with Gasteiger partial charge in [-0.25, -0.2) is 0 Å². The van der Waals surface area contributed by atoms with Gasteiger partial charge in [0.25, 0.3) is 5.56 Å². The summed E-state index contributed by atoms with van der Waals surface area (Å²) in [4.78, 5) is 26.3. The van der Waals surface area contributed by atoms with Crippen LogP contribution in [0.5, 0.6) is 11.5 Å². The lowest BCUT2D eigenvalue weighted by Gasteiger charge is -2.22. The van der Waals surface area contributed by atoms with Crippen LogP contribution >= 0.6 is 15.9 Å². The molecule has 0 saturated carbocycles. The van der Waals surface area contributed by atoms with E-state index in [1.165, 1.54) is 4.57 Å². The molecule has 1 atom stereocenters. The average Bonchev–Trinajstić information content (AvgIpc) is 2.79. The van der Waals surface area contributed by atoms with Gasteiger partial charge < -0.3 is 20.1 Å². The van der Waals surface area contributed by atoms with Crippen molar-refractivity contribution in [2.24, 2.45) is 7.05 Å². The number of ketones is 1. The van der Waals surface area contributed by atoms with E-state index in [4.69, 9.17) is 0 Å². The minimum Gasteiger partial charge on any atom is -0.508 e. The molecule has 32 heavy (non-hydrogen) atoms. The number of phenolic OH excluding ortho intramolecular Hbond substituents is 1. The van der Waals surface area contributed by atoms with E-state index in [1.807, 2.05) is 24.3 Å². The fraction of sp³-hybridized carbons (Fsp3) is 0.120. The number of aryl methyl sites for hydroxylation is 1. The molecule has 3 N–H and O–H groups in total. The Kier molecular flexibility index (Phi) is 6.01. The van der Waals surface area contributed by atoms with Crippen molar-refractivity contribution in [3.8, 4) is 11.5 Å². The van der Waals surface area contributed by atoms with Crippen molar-refractivity contribution >= 4 is 38.3 Å². The molecular formula is C25H21BrN2O4. The van der Waals surface area contributed by atoms with Gasteiger partial charge in [-0.2, -0.15) is 0 Å². The number of aromatic nitrogens is 1. The third-order valence-corrected chi connectivity index (χ3v) is 6.15. The molecule has 4 rings (SSSR count). The first kappa shape index (κ1) is 21.6. The van der Waals surface area contributed by atoms with E-state index in [9.17, 15) is 19.8 Å². The number of pyridine rings is 1. The van der Waals surface area contributed by atoms with Crippen LogP contribution in [0.3, 0.4) is 0 Å². The molecule has 3 aromatic carbocycles. The molecule has 0 fully saturated rings.